The molecule has 0 bridgehead atoms. The van der Waals surface area contributed by atoms with Gasteiger partial charge in [-0.2, -0.15) is 0 Å². The van der Waals surface area contributed by atoms with Crippen molar-refractivity contribution in [2.24, 2.45) is 0 Å². The van der Waals surface area contributed by atoms with Crippen LogP contribution in [0.4, 0.5) is 0 Å². The molecule has 2 aromatic rings. The molecule has 0 heterocycles. The van der Waals surface area contributed by atoms with Gasteiger partial charge in [-0.05, 0) is 49.4 Å². The fourth-order valence-electron chi connectivity index (χ4n) is 2.62. The number of ether oxygens (including phenoxy) is 2. The third-order valence-electron chi connectivity index (χ3n) is 4.18. The lowest BCUT2D eigenvalue weighted by atomic mass is 10.1. The van der Waals surface area contributed by atoms with E-state index >= 15 is 0 Å². The summed E-state index contributed by atoms with van der Waals surface area (Å²) in [6, 6.07) is 17.6. The summed E-state index contributed by atoms with van der Waals surface area (Å²) >= 11 is 0. The maximum absolute atomic E-state index is 12.1. The van der Waals surface area contributed by atoms with Gasteiger partial charge < -0.3 is 9.47 Å². The quantitative estimate of drug-likeness (QED) is 0.222. The highest BCUT2D eigenvalue weighted by atomic mass is 16.6. The lowest BCUT2D eigenvalue weighted by Crippen LogP contribution is -2.26. The van der Waals surface area contributed by atoms with E-state index in [2.05, 4.69) is 6.58 Å². The Kier molecular flexibility index (Phi) is 8.64. The van der Waals surface area contributed by atoms with Crippen molar-refractivity contribution in [3.05, 3.63) is 67.3 Å². The minimum absolute atomic E-state index is 0.357. The molecule has 3 heteroatoms. The van der Waals surface area contributed by atoms with E-state index in [-0.39, 0.29) is 5.97 Å². The molecule has 1 atom stereocenters. The Hall–Kier alpha value is -2.39. The third kappa shape index (κ3) is 6.85. The lowest BCUT2D eigenvalue weighted by Gasteiger charge is -2.12. The molecule has 0 N–H and O–H groups in total. The smallest absolute Gasteiger partial charge is 0.340 e. The predicted molar refractivity (Wildman–Crippen MR) is 106 cm³/mol. The average Bonchev–Trinajstić information content (AvgIpc) is 2.68. The molecule has 0 radical (unpaired) electrons. The van der Waals surface area contributed by atoms with E-state index in [1.54, 1.807) is 6.92 Å². The topological polar surface area (TPSA) is 35.5 Å². The van der Waals surface area contributed by atoms with Crippen LogP contribution < -0.4 is 4.74 Å². The molecule has 0 saturated carbocycles. The van der Waals surface area contributed by atoms with Crippen LogP contribution >= 0.6 is 0 Å². The van der Waals surface area contributed by atoms with Gasteiger partial charge in [-0.1, -0.05) is 61.4 Å². The van der Waals surface area contributed by atoms with E-state index in [4.69, 9.17) is 9.47 Å². The maximum atomic E-state index is 12.1. The van der Waals surface area contributed by atoms with Crippen molar-refractivity contribution in [3.8, 4) is 16.9 Å². The summed E-state index contributed by atoms with van der Waals surface area (Å²) in [5.41, 5.74) is 2.22. The Morgan fingerprint density at radius 2 is 1.62 bits per heavy atom. The van der Waals surface area contributed by atoms with Crippen molar-refractivity contribution in [2.75, 3.05) is 6.61 Å². The van der Waals surface area contributed by atoms with E-state index in [1.165, 1.54) is 12.8 Å². The Balaban J connectivity index is 1.72. The van der Waals surface area contributed by atoms with Crippen LogP contribution in [0, 0.1) is 0 Å². The molecule has 1 unspecified atom stereocenters. The molecule has 26 heavy (non-hydrogen) atoms. The Bertz CT molecular complexity index is 662. The van der Waals surface area contributed by atoms with Crippen molar-refractivity contribution >= 4 is 5.97 Å². The van der Waals surface area contributed by atoms with Gasteiger partial charge in [0.25, 0.3) is 0 Å². The van der Waals surface area contributed by atoms with Crippen molar-refractivity contribution in [1.29, 1.82) is 0 Å². The number of benzene rings is 2. The largest absolute Gasteiger partial charge is 0.425 e. The molecular weight excluding hydrogens is 324 g/mol. The zero-order valence-corrected chi connectivity index (χ0v) is 15.5. The number of esters is 1. The second-order valence-electron chi connectivity index (χ2n) is 6.32. The molecular formula is C23H28O3. The van der Waals surface area contributed by atoms with Crippen LogP contribution in [0.2, 0.25) is 0 Å². The third-order valence-corrected chi connectivity index (χ3v) is 4.18. The predicted octanol–water partition coefficient (Wildman–Crippen LogP) is 5.80. The maximum Gasteiger partial charge on any atom is 0.340 e. The Morgan fingerprint density at radius 1 is 0.962 bits per heavy atom. The summed E-state index contributed by atoms with van der Waals surface area (Å²) in [6.07, 6.45) is 6.85. The SMILES string of the molecule is C=CCCCCCCOC(C)C(=O)Oc1ccc(-c2ccccc2)cc1. The molecule has 2 aromatic carbocycles. The van der Waals surface area contributed by atoms with Crippen LogP contribution in [0.15, 0.2) is 67.3 Å². The van der Waals surface area contributed by atoms with Crippen molar-refractivity contribution in [2.45, 2.75) is 45.1 Å². The highest BCUT2D eigenvalue weighted by Gasteiger charge is 2.15. The molecule has 0 aliphatic rings. The molecule has 3 nitrogen and oxygen atoms in total. The lowest BCUT2D eigenvalue weighted by molar-refractivity contribution is -0.146. The van der Waals surface area contributed by atoms with Gasteiger partial charge in [0.2, 0.25) is 0 Å². The molecule has 0 saturated heterocycles. The monoisotopic (exact) mass is 352 g/mol. The number of allylic oxidation sites excluding steroid dienone is 1. The highest BCUT2D eigenvalue weighted by Crippen LogP contribution is 2.22. The molecule has 0 aliphatic heterocycles. The summed E-state index contributed by atoms with van der Waals surface area (Å²) in [5.74, 6) is 0.179. The molecule has 0 spiro atoms. The second kappa shape index (κ2) is 11.3. The molecule has 138 valence electrons. The highest BCUT2D eigenvalue weighted by molar-refractivity contribution is 5.77. The number of carbonyl (C=O) groups excluding carboxylic acids is 1. The van der Waals surface area contributed by atoms with Gasteiger partial charge in [0, 0.05) is 6.61 Å². The molecule has 0 aromatic heterocycles. The first-order valence-corrected chi connectivity index (χ1v) is 9.30. The normalized spacial score (nSPS) is 11.7. The van der Waals surface area contributed by atoms with Crippen LogP contribution in [0.3, 0.4) is 0 Å². The molecule has 0 aliphatic carbocycles. The van der Waals surface area contributed by atoms with Crippen molar-refractivity contribution < 1.29 is 14.3 Å². The number of hydrogen-bond donors (Lipinski definition) is 0. The molecule has 2 rings (SSSR count). The van der Waals surface area contributed by atoms with E-state index in [0.717, 1.165) is 30.4 Å². The number of hydrogen-bond acceptors (Lipinski definition) is 3. The first-order chi connectivity index (χ1) is 12.7. The van der Waals surface area contributed by atoms with Gasteiger partial charge in [-0.3, -0.25) is 0 Å². The summed E-state index contributed by atoms with van der Waals surface area (Å²) in [7, 11) is 0. The summed E-state index contributed by atoms with van der Waals surface area (Å²) < 4.78 is 11.0. The Morgan fingerprint density at radius 3 is 2.31 bits per heavy atom. The molecule has 0 amide bonds. The minimum Gasteiger partial charge on any atom is -0.425 e. The van der Waals surface area contributed by atoms with Gasteiger partial charge in [0.1, 0.15) is 5.75 Å². The summed E-state index contributed by atoms with van der Waals surface area (Å²) in [5, 5.41) is 0. The van der Waals surface area contributed by atoms with E-state index in [0.29, 0.717) is 12.4 Å². The van der Waals surface area contributed by atoms with E-state index < -0.39 is 6.10 Å². The van der Waals surface area contributed by atoms with Crippen LogP contribution in [0.1, 0.15) is 39.0 Å². The first kappa shape index (κ1) is 19.9. The van der Waals surface area contributed by atoms with Gasteiger partial charge in [-0.25, -0.2) is 4.79 Å². The fourth-order valence-corrected chi connectivity index (χ4v) is 2.62. The van der Waals surface area contributed by atoms with E-state index in [9.17, 15) is 4.79 Å². The van der Waals surface area contributed by atoms with Gasteiger partial charge in [-0.15, -0.1) is 6.58 Å². The van der Waals surface area contributed by atoms with Crippen LogP contribution in [-0.2, 0) is 9.53 Å². The number of unbranched alkanes of at least 4 members (excludes halogenated alkanes) is 4. The van der Waals surface area contributed by atoms with Gasteiger partial charge >= 0.3 is 5.97 Å². The standard InChI is InChI=1S/C23H28O3/c1-3-4-5-6-7-11-18-25-19(2)23(24)26-22-16-14-21(15-17-22)20-12-9-8-10-13-20/h3,8-10,12-17,19H,1,4-7,11,18H2,2H3. The van der Waals surface area contributed by atoms with Gasteiger partial charge in [0.15, 0.2) is 6.10 Å². The van der Waals surface area contributed by atoms with E-state index in [1.807, 2.05) is 60.7 Å². The summed E-state index contributed by atoms with van der Waals surface area (Å²) in [6.45, 7) is 6.03. The van der Waals surface area contributed by atoms with Crippen LogP contribution in [0.25, 0.3) is 11.1 Å². The van der Waals surface area contributed by atoms with Crippen LogP contribution in [0.5, 0.6) is 5.75 Å². The number of carbonyl (C=O) groups is 1. The summed E-state index contributed by atoms with van der Waals surface area (Å²) in [4.78, 5) is 12.1. The van der Waals surface area contributed by atoms with Crippen LogP contribution in [-0.4, -0.2) is 18.7 Å². The van der Waals surface area contributed by atoms with Crippen molar-refractivity contribution in [1.82, 2.24) is 0 Å². The zero-order chi connectivity index (χ0) is 18.6. The first-order valence-electron chi connectivity index (χ1n) is 9.30. The fraction of sp³-hybridized carbons (Fsp3) is 0.348. The molecule has 0 fully saturated rings. The number of rotatable bonds is 11. The zero-order valence-electron chi connectivity index (χ0n) is 15.5. The van der Waals surface area contributed by atoms with Crippen molar-refractivity contribution in [3.63, 3.8) is 0 Å². The average molecular weight is 352 g/mol. The Labute approximate surface area is 156 Å². The minimum atomic E-state index is -0.558. The van der Waals surface area contributed by atoms with Gasteiger partial charge in [0.05, 0.1) is 0 Å². The second-order valence-corrected chi connectivity index (χ2v) is 6.32.